The maximum absolute atomic E-state index is 6.27. The molecule has 0 fully saturated rings. The normalized spacial score (nSPS) is 12.0. The summed E-state index contributed by atoms with van der Waals surface area (Å²) >= 11 is 0. The summed E-state index contributed by atoms with van der Waals surface area (Å²) in [5.41, 5.74) is 8.60. The van der Waals surface area contributed by atoms with Crippen LogP contribution in [0.5, 0.6) is 0 Å². The summed E-state index contributed by atoms with van der Waals surface area (Å²) < 4.78 is 0. The first-order valence-electron chi connectivity index (χ1n) is 11.2. The Morgan fingerprint density at radius 1 is 0.621 bits per heavy atom. The molecule has 1 nitrogen and oxygen atoms in total. The summed E-state index contributed by atoms with van der Waals surface area (Å²) in [6.45, 7) is 2.28. The van der Waals surface area contributed by atoms with Gasteiger partial charge in [0.05, 0.1) is 0 Å². The predicted molar refractivity (Wildman–Crippen MR) is 129 cm³/mol. The molecule has 0 saturated carbocycles. The molecule has 1 heteroatoms. The number of nitrogens with two attached hydrogens (primary N) is 1. The van der Waals surface area contributed by atoms with Gasteiger partial charge in [-0.25, -0.2) is 0 Å². The van der Waals surface area contributed by atoms with Crippen LogP contribution in [0.25, 0.3) is 43.1 Å². The molecule has 29 heavy (non-hydrogen) atoms. The first kappa shape index (κ1) is 18.2. The minimum Gasteiger partial charge on any atom is -0.399 e. The summed E-state index contributed by atoms with van der Waals surface area (Å²) in [4.78, 5) is 0. The molecular weight excluding hydrogens is 350 g/mol. The third kappa shape index (κ3) is 3.09. The van der Waals surface area contributed by atoms with E-state index in [0.717, 1.165) is 5.69 Å². The monoisotopic (exact) mass is 379 g/mol. The van der Waals surface area contributed by atoms with Gasteiger partial charge in [-0.1, -0.05) is 87.6 Å². The molecule has 5 aromatic rings. The first-order chi connectivity index (χ1) is 14.3. The molecule has 0 aliphatic carbocycles. The molecule has 0 spiro atoms. The number of nitrogen functional groups attached to an aromatic ring is 1. The van der Waals surface area contributed by atoms with Crippen molar-refractivity contribution in [1.82, 2.24) is 0 Å². The van der Waals surface area contributed by atoms with E-state index in [9.17, 15) is 0 Å². The Labute approximate surface area is 172 Å². The Morgan fingerprint density at radius 2 is 1.31 bits per heavy atom. The van der Waals surface area contributed by atoms with Gasteiger partial charge in [0.1, 0.15) is 0 Å². The lowest BCUT2D eigenvalue weighted by Gasteiger charge is -2.17. The molecule has 5 rings (SSSR count). The van der Waals surface area contributed by atoms with Crippen LogP contribution in [0, 0.1) is 0 Å². The summed E-state index contributed by atoms with van der Waals surface area (Å²) in [6.07, 6.45) is 9.21. The zero-order chi connectivity index (χ0) is 19.8. The van der Waals surface area contributed by atoms with Crippen molar-refractivity contribution in [3.63, 3.8) is 0 Å². The van der Waals surface area contributed by atoms with Crippen molar-refractivity contribution >= 4 is 48.8 Å². The number of benzene rings is 5. The summed E-state index contributed by atoms with van der Waals surface area (Å²) in [5, 5.41) is 10.7. The number of unbranched alkanes of at least 4 members (excludes halogenated alkanes) is 5. The highest BCUT2D eigenvalue weighted by Crippen LogP contribution is 2.42. The van der Waals surface area contributed by atoms with Gasteiger partial charge in [-0.2, -0.15) is 0 Å². The lowest BCUT2D eigenvalue weighted by Crippen LogP contribution is -1.93. The third-order valence-electron chi connectivity index (χ3n) is 6.51. The quantitative estimate of drug-likeness (QED) is 0.131. The Kier molecular flexibility index (Phi) is 4.75. The highest BCUT2D eigenvalue weighted by atomic mass is 14.5. The molecule has 0 amide bonds. The Hall–Kier alpha value is -2.80. The molecule has 0 radical (unpaired) electrons. The van der Waals surface area contributed by atoms with Crippen molar-refractivity contribution in [2.45, 2.75) is 51.9 Å². The standard InChI is InChI=1S/C28H29N/c1-2-3-4-5-6-7-10-19-15-16-25-26-18-21(29)17-20-11-8-13-23(27(20)26)24-14-9-12-22(19)28(24)25/h8-9,11-18H,2-7,10,29H2,1H3. The molecule has 0 aromatic heterocycles. The average Bonchev–Trinajstić information content (AvgIpc) is 2.74. The van der Waals surface area contributed by atoms with Crippen LogP contribution >= 0.6 is 0 Å². The van der Waals surface area contributed by atoms with Crippen LogP contribution in [0.15, 0.2) is 60.7 Å². The fourth-order valence-corrected chi connectivity index (χ4v) is 5.12. The number of aryl methyl sites for hydroxylation is 1. The minimum absolute atomic E-state index is 0.841. The summed E-state index contributed by atoms with van der Waals surface area (Å²) in [5.74, 6) is 0. The van der Waals surface area contributed by atoms with Gasteiger partial charge < -0.3 is 5.73 Å². The molecule has 5 aromatic carbocycles. The molecule has 0 aliphatic rings. The van der Waals surface area contributed by atoms with Gasteiger partial charge in [0, 0.05) is 5.69 Å². The molecule has 0 bridgehead atoms. The van der Waals surface area contributed by atoms with Crippen LogP contribution in [-0.2, 0) is 6.42 Å². The van der Waals surface area contributed by atoms with E-state index in [-0.39, 0.29) is 0 Å². The average molecular weight is 380 g/mol. The lowest BCUT2D eigenvalue weighted by atomic mass is 9.87. The van der Waals surface area contributed by atoms with Gasteiger partial charge in [-0.15, -0.1) is 0 Å². The van der Waals surface area contributed by atoms with Crippen molar-refractivity contribution in [1.29, 1.82) is 0 Å². The minimum atomic E-state index is 0.841. The molecule has 0 saturated heterocycles. The van der Waals surface area contributed by atoms with Crippen molar-refractivity contribution in [2.75, 3.05) is 5.73 Å². The van der Waals surface area contributed by atoms with Crippen LogP contribution < -0.4 is 5.73 Å². The van der Waals surface area contributed by atoms with Gasteiger partial charge >= 0.3 is 0 Å². The maximum Gasteiger partial charge on any atom is 0.0326 e. The second-order valence-electron chi connectivity index (χ2n) is 8.49. The first-order valence-corrected chi connectivity index (χ1v) is 11.2. The maximum atomic E-state index is 6.27. The van der Waals surface area contributed by atoms with E-state index in [4.69, 9.17) is 5.73 Å². The molecule has 0 atom stereocenters. The predicted octanol–water partition coefficient (Wildman–Crippen LogP) is 8.22. The fourth-order valence-electron chi connectivity index (χ4n) is 5.12. The summed E-state index contributed by atoms with van der Waals surface area (Å²) in [6, 6.07) is 22.4. The van der Waals surface area contributed by atoms with E-state index in [1.54, 1.807) is 0 Å². The molecular formula is C28H29N. The van der Waals surface area contributed by atoms with E-state index in [1.807, 2.05) is 0 Å². The van der Waals surface area contributed by atoms with Gasteiger partial charge in [-0.3, -0.25) is 0 Å². The van der Waals surface area contributed by atoms with Crippen LogP contribution in [0.4, 0.5) is 5.69 Å². The number of hydrogen-bond acceptors (Lipinski definition) is 1. The second-order valence-corrected chi connectivity index (χ2v) is 8.49. The number of hydrogen-bond donors (Lipinski definition) is 1. The Balaban J connectivity index is 1.65. The smallest absolute Gasteiger partial charge is 0.0326 e. The number of rotatable bonds is 7. The van der Waals surface area contributed by atoms with Crippen molar-refractivity contribution in [2.24, 2.45) is 0 Å². The van der Waals surface area contributed by atoms with E-state index < -0.39 is 0 Å². The van der Waals surface area contributed by atoms with Gasteiger partial charge in [0.2, 0.25) is 0 Å². The van der Waals surface area contributed by atoms with Gasteiger partial charge in [0.25, 0.3) is 0 Å². The van der Waals surface area contributed by atoms with Gasteiger partial charge in [-0.05, 0) is 73.6 Å². The zero-order valence-corrected chi connectivity index (χ0v) is 17.3. The molecule has 146 valence electrons. The van der Waals surface area contributed by atoms with E-state index >= 15 is 0 Å². The van der Waals surface area contributed by atoms with E-state index in [2.05, 4.69) is 67.6 Å². The SMILES string of the molecule is CCCCCCCCc1ccc2c3cc(N)cc4cccc(c5cccc1c52)c43. The van der Waals surface area contributed by atoms with E-state index in [1.165, 1.54) is 93.6 Å². The van der Waals surface area contributed by atoms with E-state index in [0.29, 0.717) is 0 Å². The number of anilines is 1. The topological polar surface area (TPSA) is 26.0 Å². The molecule has 2 N–H and O–H groups in total. The van der Waals surface area contributed by atoms with Crippen LogP contribution in [-0.4, -0.2) is 0 Å². The van der Waals surface area contributed by atoms with Crippen LogP contribution in [0.2, 0.25) is 0 Å². The Morgan fingerprint density at radius 3 is 2.17 bits per heavy atom. The highest BCUT2D eigenvalue weighted by molar-refractivity contribution is 6.33. The molecule has 0 aliphatic heterocycles. The second kappa shape index (κ2) is 7.55. The molecule has 0 heterocycles. The van der Waals surface area contributed by atoms with Crippen molar-refractivity contribution in [3.05, 3.63) is 66.2 Å². The largest absolute Gasteiger partial charge is 0.399 e. The van der Waals surface area contributed by atoms with Crippen molar-refractivity contribution < 1.29 is 0 Å². The molecule has 0 unspecified atom stereocenters. The van der Waals surface area contributed by atoms with Crippen LogP contribution in [0.3, 0.4) is 0 Å². The van der Waals surface area contributed by atoms with Crippen LogP contribution in [0.1, 0.15) is 51.0 Å². The zero-order valence-electron chi connectivity index (χ0n) is 17.3. The third-order valence-corrected chi connectivity index (χ3v) is 6.51. The lowest BCUT2D eigenvalue weighted by molar-refractivity contribution is 0.608. The summed E-state index contributed by atoms with van der Waals surface area (Å²) in [7, 11) is 0. The Bertz CT molecular complexity index is 1300. The van der Waals surface area contributed by atoms with Crippen molar-refractivity contribution in [3.8, 4) is 0 Å². The number of fused-ring (bicyclic) bond motifs is 2. The van der Waals surface area contributed by atoms with Gasteiger partial charge in [0.15, 0.2) is 0 Å². The highest BCUT2D eigenvalue weighted by Gasteiger charge is 2.14. The fraction of sp³-hybridized carbons (Fsp3) is 0.286.